The van der Waals surface area contributed by atoms with Crippen LogP contribution in [0.5, 0.6) is 0 Å². The second-order valence-electron chi connectivity index (χ2n) is 2.86. The quantitative estimate of drug-likeness (QED) is 0.469. The van der Waals surface area contributed by atoms with Crippen molar-refractivity contribution in [2.75, 3.05) is 0 Å². The Kier molecular flexibility index (Phi) is 3.48. The second kappa shape index (κ2) is 4.48. The fraction of sp³-hybridized carbons (Fsp3) is 0.250. The van der Waals surface area contributed by atoms with Crippen LogP contribution in [0.15, 0.2) is 6.07 Å². The molecule has 0 radical (unpaired) electrons. The topological polar surface area (TPSA) is 73.1 Å². The number of carbonyl (C=O) groups excluding carboxylic acids is 1. The SMILES string of the molecule is Cc1nc(C(F)F)c([N+](=O)[O-])cc1C(=O)Cl. The van der Waals surface area contributed by atoms with Gasteiger partial charge in [0, 0.05) is 6.07 Å². The molecule has 0 saturated carbocycles. The van der Waals surface area contributed by atoms with Crippen molar-refractivity contribution in [2.45, 2.75) is 13.3 Å². The number of alkyl halides is 2. The first-order valence-electron chi connectivity index (χ1n) is 3.98. The smallest absolute Gasteiger partial charge is 0.276 e. The Balaban J connectivity index is 3.49. The Morgan fingerprint density at radius 3 is 2.56 bits per heavy atom. The first kappa shape index (κ1) is 12.4. The number of nitrogens with zero attached hydrogens (tertiary/aromatic N) is 2. The number of hydrogen-bond donors (Lipinski definition) is 0. The summed E-state index contributed by atoms with van der Waals surface area (Å²) in [6.45, 7) is 1.27. The van der Waals surface area contributed by atoms with Gasteiger partial charge in [-0.3, -0.25) is 14.9 Å². The van der Waals surface area contributed by atoms with Crippen LogP contribution in [0.1, 0.15) is 28.2 Å². The van der Waals surface area contributed by atoms with Crippen LogP contribution in [0.2, 0.25) is 0 Å². The molecule has 0 aliphatic heterocycles. The molecule has 0 bridgehead atoms. The van der Waals surface area contributed by atoms with Gasteiger partial charge in [-0.1, -0.05) is 0 Å². The van der Waals surface area contributed by atoms with E-state index in [0.29, 0.717) is 6.07 Å². The predicted octanol–water partition coefficient (Wildman–Crippen LogP) is 2.61. The molecular formula is C8H5ClF2N2O3. The fourth-order valence-corrected chi connectivity index (χ4v) is 1.31. The minimum atomic E-state index is -3.08. The van der Waals surface area contributed by atoms with E-state index in [1.54, 1.807) is 0 Å². The van der Waals surface area contributed by atoms with E-state index in [1.165, 1.54) is 6.92 Å². The summed E-state index contributed by atoms with van der Waals surface area (Å²) in [6, 6.07) is 0.707. The van der Waals surface area contributed by atoms with Crippen LogP contribution in [0, 0.1) is 17.0 Å². The normalized spacial score (nSPS) is 10.6. The van der Waals surface area contributed by atoms with E-state index in [0.717, 1.165) is 0 Å². The molecule has 0 aromatic carbocycles. The van der Waals surface area contributed by atoms with E-state index in [4.69, 9.17) is 11.6 Å². The van der Waals surface area contributed by atoms with Crippen molar-refractivity contribution < 1.29 is 18.5 Å². The lowest BCUT2D eigenvalue weighted by molar-refractivity contribution is -0.386. The van der Waals surface area contributed by atoms with Crippen LogP contribution in [-0.2, 0) is 0 Å². The van der Waals surface area contributed by atoms with E-state index < -0.39 is 28.0 Å². The molecule has 0 N–H and O–H groups in total. The maximum Gasteiger partial charge on any atom is 0.297 e. The molecule has 0 aliphatic carbocycles. The molecular weight excluding hydrogens is 246 g/mol. The molecule has 5 nitrogen and oxygen atoms in total. The first-order valence-corrected chi connectivity index (χ1v) is 4.36. The first-order chi connectivity index (χ1) is 7.34. The Hall–Kier alpha value is -1.63. The average molecular weight is 251 g/mol. The number of rotatable bonds is 3. The number of carbonyl (C=O) groups is 1. The van der Waals surface area contributed by atoms with Crippen molar-refractivity contribution in [3.8, 4) is 0 Å². The molecule has 1 aromatic rings. The number of nitro groups is 1. The number of halogens is 3. The zero-order chi connectivity index (χ0) is 12.5. The summed E-state index contributed by atoms with van der Waals surface area (Å²) in [7, 11) is 0. The lowest BCUT2D eigenvalue weighted by atomic mass is 10.1. The van der Waals surface area contributed by atoms with Gasteiger partial charge in [-0.15, -0.1) is 0 Å². The second-order valence-corrected chi connectivity index (χ2v) is 3.20. The number of hydrogen-bond acceptors (Lipinski definition) is 4. The van der Waals surface area contributed by atoms with Gasteiger partial charge in [-0.2, -0.15) is 0 Å². The van der Waals surface area contributed by atoms with Crippen LogP contribution in [0.25, 0.3) is 0 Å². The fourth-order valence-electron chi connectivity index (χ4n) is 1.12. The van der Waals surface area contributed by atoms with Gasteiger partial charge in [0.25, 0.3) is 17.4 Å². The molecule has 0 amide bonds. The summed E-state index contributed by atoms with van der Waals surface area (Å²) in [6.07, 6.45) is -3.08. The van der Waals surface area contributed by atoms with Crippen LogP contribution in [0.4, 0.5) is 14.5 Å². The van der Waals surface area contributed by atoms with Crippen LogP contribution < -0.4 is 0 Å². The van der Waals surface area contributed by atoms with Crippen molar-refractivity contribution in [3.63, 3.8) is 0 Å². The highest BCUT2D eigenvalue weighted by Crippen LogP contribution is 2.29. The van der Waals surface area contributed by atoms with Crippen molar-refractivity contribution in [1.82, 2.24) is 4.98 Å². The minimum Gasteiger partial charge on any atom is -0.276 e. The van der Waals surface area contributed by atoms with Gasteiger partial charge < -0.3 is 0 Å². The average Bonchev–Trinajstić information content (AvgIpc) is 2.15. The Morgan fingerprint density at radius 2 is 2.19 bits per heavy atom. The lowest BCUT2D eigenvalue weighted by Gasteiger charge is -2.05. The highest BCUT2D eigenvalue weighted by molar-refractivity contribution is 6.67. The standard InChI is InChI=1S/C8H5ClF2N2O3/c1-3-4(7(9)14)2-5(13(15)16)6(12-3)8(10)11/h2,8H,1H3. The molecule has 0 saturated heterocycles. The molecule has 0 fully saturated rings. The maximum atomic E-state index is 12.4. The van der Waals surface area contributed by atoms with E-state index in [9.17, 15) is 23.7 Å². The number of aryl methyl sites for hydroxylation is 1. The van der Waals surface area contributed by atoms with Crippen molar-refractivity contribution >= 4 is 22.5 Å². The van der Waals surface area contributed by atoms with E-state index in [-0.39, 0.29) is 11.3 Å². The third-order valence-corrected chi connectivity index (χ3v) is 2.04. The largest absolute Gasteiger partial charge is 0.297 e. The minimum absolute atomic E-state index is 0.0686. The molecule has 1 heterocycles. The highest BCUT2D eigenvalue weighted by atomic mass is 35.5. The Labute approximate surface area is 93.2 Å². The summed E-state index contributed by atoms with van der Waals surface area (Å²) < 4.78 is 24.8. The van der Waals surface area contributed by atoms with E-state index >= 15 is 0 Å². The molecule has 0 spiro atoms. The van der Waals surface area contributed by atoms with Gasteiger partial charge in [0.1, 0.15) is 0 Å². The highest BCUT2D eigenvalue weighted by Gasteiger charge is 2.26. The molecule has 8 heteroatoms. The Morgan fingerprint density at radius 1 is 1.62 bits per heavy atom. The summed E-state index contributed by atoms with van der Waals surface area (Å²) in [5, 5.41) is 9.51. The summed E-state index contributed by atoms with van der Waals surface area (Å²) in [4.78, 5) is 23.6. The van der Waals surface area contributed by atoms with Gasteiger partial charge >= 0.3 is 0 Å². The zero-order valence-corrected chi connectivity index (χ0v) is 8.66. The van der Waals surface area contributed by atoms with Crippen molar-refractivity contribution in [3.05, 3.63) is 33.1 Å². The summed E-state index contributed by atoms with van der Waals surface area (Å²) >= 11 is 5.13. The molecule has 0 unspecified atom stereocenters. The molecule has 1 aromatic heterocycles. The van der Waals surface area contributed by atoms with Crippen LogP contribution >= 0.6 is 11.6 Å². The third kappa shape index (κ3) is 2.30. The van der Waals surface area contributed by atoms with Crippen LogP contribution in [-0.4, -0.2) is 15.1 Å². The third-order valence-electron chi connectivity index (χ3n) is 1.84. The van der Waals surface area contributed by atoms with Crippen molar-refractivity contribution in [2.24, 2.45) is 0 Å². The monoisotopic (exact) mass is 250 g/mol. The van der Waals surface area contributed by atoms with Gasteiger partial charge in [0.05, 0.1) is 16.2 Å². The van der Waals surface area contributed by atoms with E-state index in [2.05, 4.69) is 4.98 Å². The van der Waals surface area contributed by atoms with Crippen LogP contribution in [0.3, 0.4) is 0 Å². The number of pyridine rings is 1. The molecule has 0 aliphatic rings. The van der Waals surface area contributed by atoms with E-state index in [1.807, 2.05) is 0 Å². The van der Waals surface area contributed by atoms with Gasteiger partial charge in [-0.05, 0) is 18.5 Å². The molecule has 0 atom stereocenters. The van der Waals surface area contributed by atoms with Gasteiger partial charge in [0.15, 0.2) is 5.69 Å². The van der Waals surface area contributed by atoms with Gasteiger partial charge in [-0.25, -0.2) is 13.8 Å². The maximum absolute atomic E-state index is 12.4. The molecule has 86 valence electrons. The lowest BCUT2D eigenvalue weighted by Crippen LogP contribution is -2.05. The Bertz CT molecular complexity index is 465. The summed E-state index contributed by atoms with van der Waals surface area (Å²) in [5.41, 5.74) is -2.20. The predicted molar refractivity (Wildman–Crippen MR) is 50.8 cm³/mol. The van der Waals surface area contributed by atoms with Crippen molar-refractivity contribution in [1.29, 1.82) is 0 Å². The zero-order valence-electron chi connectivity index (χ0n) is 7.91. The molecule has 1 rings (SSSR count). The summed E-state index contributed by atoms with van der Waals surface area (Å²) in [5.74, 6) is 0. The number of aromatic nitrogens is 1. The van der Waals surface area contributed by atoms with Gasteiger partial charge in [0.2, 0.25) is 0 Å². The molecule has 16 heavy (non-hydrogen) atoms.